The Bertz CT molecular complexity index is 1670. The van der Waals surface area contributed by atoms with Crippen LogP contribution in [0.2, 0.25) is 0 Å². The lowest BCUT2D eigenvalue weighted by Crippen LogP contribution is -2.08. The van der Waals surface area contributed by atoms with Gasteiger partial charge in [-0.1, -0.05) is 30.3 Å². The second-order valence-corrected chi connectivity index (χ2v) is 9.09. The summed E-state index contributed by atoms with van der Waals surface area (Å²) in [6.07, 6.45) is 5.07. The van der Waals surface area contributed by atoms with Gasteiger partial charge in [0.05, 0.1) is 0 Å². The molecule has 3 aromatic rings. The molecule has 12 heteroatoms. The van der Waals surface area contributed by atoms with Crippen LogP contribution < -0.4 is 23.7 Å². The molecular formula is C33H28O12. The van der Waals surface area contributed by atoms with Gasteiger partial charge in [-0.15, -0.1) is 0 Å². The van der Waals surface area contributed by atoms with E-state index in [1.165, 1.54) is 70.2 Å². The summed E-state index contributed by atoms with van der Waals surface area (Å²) in [6, 6.07) is 15.2. The van der Waals surface area contributed by atoms with E-state index in [-0.39, 0.29) is 35.4 Å². The van der Waals surface area contributed by atoms with Crippen molar-refractivity contribution < 1.29 is 57.2 Å². The monoisotopic (exact) mass is 616 g/mol. The molecule has 0 radical (unpaired) electrons. The number of benzene rings is 3. The molecule has 12 nitrogen and oxygen atoms in total. The summed E-state index contributed by atoms with van der Waals surface area (Å²) < 4.78 is 30.8. The third-order valence-electron chi connectivity index (χ3n) is 5.32. The number of ether oxygens (including phenoxy) is 6. The van der Waals surface area contributed by atoms with Gasteiger partial charge in [-0.3, -0.25) is 19.2 Å². The minimum atomic E-state index is -0.694. The maximum Gasteiger partial charge on any atom is 0.336 e. The van der Waals surface area contributed by atoms with Crippen LogP contribution in [0.25, 0.3) is 12.2 Å². The van der Waals surface area contributed by atoms with E-state index < -0.39 is 35.8 Å². The van der Waals surface area contributed by atoms with Crippen LogP contribution in [0.1, 0.15) is 44.4 Å². The second-order valence-electron chi connectivity index (χ2n) is 9.09. The van der Waals surface area contributed by atoms with Crippen LogP contribution >= 0.6 is 0 Å². The number of esters is 6. The molecule has 0 heterocycles. The largest absolute Gasteiger partial charge is 0.458 e. The Morgan fingerprint density at radius 3 is 1.82 bits per heavy atom. The number of rotatable bonds is 11. The quantitative estimate of drug-likeness (QED) is 0.165. The van der Waals surface area contributed by atoms with Gasteiger partial charge in [-0.25, -0.2) is 9.59 Å². The van der Waals surface area contributed by atoms with E-state index in [1.807, 2.05) is 0 Å². The normalized spacial score (nSPS) is 10.7. The average molecular weight is 617 g/mol. The molecule has 0 saturated heterocycles. The van der Waals surface area contributed by atoms with E-state index >= 15 is 0 Å². The molecule has 0 bridgehead atoms. The lowest BCUT2D eigenvalue weighted by atomic mass is 10.1. The number of carbonyl (C=O) groups excluding carboxylic acids is 6. The Balaban J connectivity index is 1.57. The van der Waals surface area contributed by atoms with Crippen LogP contribution in [0.3, 0.4) is 0 Å². The van der Waals surface area contributed by atoms with Crippen LogP contribution in [0.5, 0.6) is 28.7 Å². The van der Waals surface area contributed by atoms with E-state index in [0.717, 1.165) is 12.2 Å². The van der Waals surface area contributed by atoms with Gasteiger partial charge in [0.25, 0.3) is 0 Å². The highest BCUT2D eigenvalue weighted by Crippen LogP contribution is 2.33. The zero-order valence-corrected chi connectivity index (χ0v) is 24.7. The molecule has 0 amide bonds. The summed E-state index contributed by atoms with van der Waals surface area (Å²) in [5.41, 5.74) is 1.39. The Morgan fingerprint density at radius 1 is 0.578 bits per heavy atom. The highest BCUT2D eigenvalue weighted by molar-refractivity contribution is 5.89. The molecule has 0 spiro atoms. The summed E-state index contributed by atoms with van der Waals surface area (Å²) in [7, 11) is 0. The van der Waals surface area contributed by atoms with Crippen molar-refractivity contribution >= 4 is 48.0 Å². The summed E-state index contributed by atoms with van der Waals surface area (Å²) in [6.45, 7) is 4.71. The van der Waals surface area contributed by atoms with E-state index in [1.54, 1.807) is 30.3 Å². The Kier molecular flexibility index (Phi) is 11.9. The number of carbonyl (C=O) groups is 6. The van der Waals surface area contributed by atoms with Gasteiger partial charge in [0.15, 0.2) is 23.0 Å². The van der Waals surface area contributed by atoms with Crippen molar-refractivity contribution in [3.05, 3.63) is 89.5 Å². The van der Waals surface area contributed by atoms with Gasteiger partial charge >= 0.3 is 35.8 Å². The van der Waals surface area contributed by atoms with Crippen molar-refractivity contribution in [3.63, 3.8) is 0 Å². The molecular weight excluding hydrogens is 588 g/mol. The van der Waals surface area contributed by atoms with Gasteiger partial charge < -0.3 is 28.4 Å². The first kappa shape index (κ1) is 33.5. The van der Waals surface area contributed by atoms with Crippen molar-refractivity contribution in [1.29, 1.82) is 0 Å². The van der Waals surface area contributed by atoms with Gasteiger partial charge in [0, 0.05) is 45.4 Å². The summed E-state index contributed by atoms with van der Waals surface area (Å²) in [4.78, 5) is 70.2. The highest BCUT2D eigenvalue weighted by atomic mass is 16.6. The topological polar surface area (TPSA) is 158 Å². The summed E-state index contributed by atoms with van der Waals surface area (Å²) in [5, 5.41) is 0. The Labute approximate surface area is 257 Å². The van der Waals surface area contributed by atoms with Gasteiger partial charge in [0.1, 0.15) is 12.4 Å². The summed E-state index contributed by atoms with van der Waals surface area (Å²) >= 11 is 0. The predicted molar refractivity (Wildman–Crippen MR) is 158 cm³/mol. The fourth-order valence-electron chi connectivity index (χ4n) is 3.58. The molecule has 0 aliphatic rings. The van der Waals surface area contributed by atoms with Gasteiger partial charge in [-0.05, 0) is 53.6 Å². The first-order valence-corrected chi connectivity index (χ1v) is 13.2. The molecule has 0 N–H and O–H groups in total. The van der Waals surface area contributed by atoms with Gasteiger partial charge in [-0.2, -0.15) is 0 Å². The molecule has 0 unspecified atom stereocenters. The van der Waals surface area contributed by atoms with Crippen LogP contribution in [0.4, 0.5) is 0 Å². The minimum Gasteiger partial charge on any atom is -0.458 e. The maximum atomic E-state index is 12.3. The average Bonchev–Trinajstić information content (AvgIpc) is 2.96. The fraction of sp³-hybridized carbons (Fsp3) is 0.152. The summed E-state index contributed by atoms with van der Waals surface area (Å²) in [5.74, 6) is -3.54. The molecule has 45 heavy (non-hydrogen) atoms. The van der Waals surface area contributed by atoms with E-state index in [0.29, 0.717) is 16.7 Å². The van der Waals surface area contributed by atoms with E-state index in [4.69, 9.17) is 28.4 Å². The Hall–Kier alpha value is -6.04. The van der Waals surface area contributed by atoms with Crippen molar-refractivity contribution in [2.24, 2.45) is 0 Å². The molecule has 0 fully saturated rings. The van der Waals surface area contributed by atoms with Crippen molar-refractivity contribution in [2.75, 3.05) is 0 Å². The molecule has 232 valence electrons. The molecule has 3 rings (SSSR count). The zero-order chi connectivity index (χ0) is 32.9. The van der Waals surface area contributed by atoms with Crippen LogP contribution in [-0.4, -0.2) is 35.8 Å². The molecule has 0 aromatic heterocycles. The second kappa shape index (κ2) is 16.0. The molecule has 0 atom stereocenters. The third-order valence-corrected chi connectivity index (χ3v) is 5.32. The smallest absolute Gasteiger partial charge is 0.336 e. The van der Waals surface area contributed by atoms with Crippen molar-refractivity contribution in [3.8, 4) is 28.7 Å². The maximum absolute atomic E-state index is 12.3. The van der Waals surface area contributed by atoms with Crippen LogP contribution in [0, 0.1) is 0 Å². The Morgan fingerprint density at radius 2 is 1.18 bits per heavy atom. The standard InChI is InChI=1S/C33H28O12/c1-20(34)41-28-15-10-24(18-30(28)43-22(3)36)11-16-32(39)45-27-13-8-25(9-14-27)19-40-31(38)17-12-26-6-5-7-29(42-21(2)35)33(26)44-23(4)37/h5-18H,19H2,1-4H3/b16-11+,17-12+. The predicted octanol–water partition coefficient (Wildman–Crippen LogP) is 4.76. The lowest BCUT2D eigenvalue weighted by molar-refractivity contribution is -0.139. The zero-order valence-electron chi connectivity index (χ0n) is 24.7. The molecule has 0 aliphatic heterocycles. The molecule has 0 saturated carbocycles. The highest BCUT2D eigenvalue weighted by Gasteiger charge is 2.14. The first-order chi connectivity index (χ1) is 21.4. The van der Waals surface area contributed by atoms with E-state index in [2.05, 4.69) is 0 Å². The SMILES string of the molecule is CC(=O)Oc1ccc(/C=C/C(=O)Oc2ccc(COC(=O)/C=C/c3cccc(OC(C)=O)c3OC(C)=O)cc2)cc1OC(C)=O. The van der Waals surface area contributed by atoms with Crippen molar-refractivity contribution in [2.45, 2.75) is 34.3 Å². The van der Waals surface area contributed by atoms with Crippen LogP contribution in [-0.2, 0) is 40.1 Å². The van der Waals surface area contributed by atoms with E-state index in [9.17, 15) is 28.8 Å². The van der Waals surface area contributed by atoms with Gasteiger partial charge in [0.2, 0.25) is 0 Å². The number of hydrogen-bond acceptors (Lipinski definition) is 12. The van der Waals surface area contributed by atoms with Crippen LogP contribution in [0.15, 0.2) is 72.8 Å². The minimum absolute atomic E-state index is 0.0141. The third kappa shape index (κ3) is 11.3. The number of hydrogen-bond donors (Lipinski definition) is 0. The molecule has 3 aromatic carbocycles. The number of para-hydroxylation sites is 1. The fourth-order valence-corrected chi connectivity index (χ4v) is 3.58. The molecule has 0 aliphatic carbocycles. The first-order valence-electron chi connectivity index (χ1n) is 13.2. The lowest BCUT2D eigenvalue weighted by Gasteiger charge is -2.11. The van der Waals surface area contributed by atoms with Crippen molar-refractivity contribution in [1.82, 2.24) is 0 Å².